The molecular formula is C71H49NO2. The minimum atomic E-state index is -0.256. The monoisotopic (exact) mass is 947 g/mol. The van der Waals surface area contributed by atoms with Crippen LogP contribution in [-0.2, 0) is 17.3 Å². The van der Waals surface area contributed by atoms with Gasteiger partial charge in [0.15, 0.2) is 0 Å². The first-order valence-corrected chi connectivity index (χ1v) is 26.0. The predicted octanol–water partition coefficient (Wildman–Crippen LogP) is 19.8. The molecule has 16 rings (SSSR count). The van der Waals surface area contributed by atoms with Crippen molar-refractivity contribution in [3.63, 3.8) is 0 Å². The fraction of sp³-hybridized carbons (Fsp3) is 0.0986. The highest BCUT2D eigenvalue weighted by molar-refractivity contribution is 6.22. The van der Waals surface area contributed by atoms with Crippen LogP contribution in [0.25, 0.3) is 109 Å². The van der Waals surface area contributed by atoms with Crippen molar-refractivity contribution in [1.82, 2.24) is 0 Å². The van der Waals surface area contributed by atoms with E-state index in [0.29, 0.717) is 0 Å². The standard InChI is InChI=1S/C71H49NO2/c1-70(2)56-30-32-65-67(50-25-13-16-28-63(50)73-65)54(56)35-44-34-52-42(36-58(44)70)38-61(48-23-10-8-21-46(48)52)72(60-27-15-12-20-45(60)41-18-6-5-7-19-41)62-39-43-37-59-55(40-53(43)47-22-9-11-24-49(47)62)68-57(71(59,3)4)31-33-66-69(68)51-26-14-17-29-64(51)74-66/h5-34,36-40H,35H2,1-4H3. The summed E-state index contributed by atoms with van der Waals surface area (Å²) >= 11 is 0. The zero-order chi connectivity index (χ0) is 49.2. The van der Waals surface area contributed by atoms with Crippen LogP contribution in [0.4, 0.5) is 17.1 Å². The molecule has 12 aromatic carbocycles. The summed E-state index contributed by atoms with van der Waals surface area (Å²) in [6, 6.07) is 79.0. The van der Waals surface area contributed by atoms with Gasteiger partial charge in [0.2, 0.25) is 0 Å². The molecule has 0 spiro atoms. The first-order valence-electron chi connectivity index (χ1n) is 26.0. The van der Waals surface area contributed by atoms with Gasteiger partial charge in [-0.2, -0.15) is 0 Å². The third-order valence-corrected chi connectivity index (χ3v) is 17.3. The van der Waals surface area contributed by atoms with Gasteiger partial charge < -0.3 is 13.7 Å². The lowest BCUT2D eigenvalue weighted by Gasteiger charge is -2.36. The summed E-state index contributed by atoms with van der Waals surface area (Å²) in [4.78, 5) is 2.58. The second kappa shape index (κ2) is 14.8. The Morgan fingerprint density at radius 3 is 1.54 bits per heavy atom. The second-order valence-electron chi connectivity index (χ2n) is 21.9. The lowest BCUT2D eigenvalue weighted by atomic mass is 9.67. The van der Waals surface area contributed by atoms with Gasteiger partial charge in [-0.3, -0.25) is 0 Å². The molecule has 0 amide bonds. The van der Waals surface area contributed by atoms with Gasteiger partial charge in [-0.05, 0) is 156 Å². The number of benzene rings is 12. The van der Waals surface area contributed by atoms with E-state index in [2.05, 4.69) is 245 Å². The molecule has 2 heterocycles. The molecule has 0 saturated carbocycles. The summed E-state index contributed by atoms with van der Waals surface area (Å²) in [6.07, 6.45) is 0.843. The van der Waals surface area contributed by atoms with Crippen LogP contribution in [0.5, 0.6) is 0 Å². The Kier molecular flexibility index (Phi) is 8.36. The van der Waals surface area contributed by atoms with Gasteiger partial charge in [0.05, 0.1) is 17.1 Å². The Morgan fingerprint density at radius 2 is 0.865 bits per heavy atom. The lowest BCUT2D eigenvalue weighted by Crippen LogP contribution is -2.27. The van der Waals surface area contributed by atoms with Crippen molar-refractivity contribution < 1.29 is 8.83 Å². The van der Waals surface area contributed by atoms with Crippen LogP contribution >= 0.6 is 0 Å². The molecule has 0 aliphatic heterocycles. The molecule has 0 N–H and O–H groups in total. The third-order valence-electron chi connectivity index (χ3n) is 17.3. The highest BCUT2D eigenvalue weighted by atomic mass is 16.3. The van der Waals surface area contributed by atoms with E-state index >= 15 is 0 Å². The van der Waals surface area contributed by atoms with E-state index in [1.54, 1.807) is 0 Å². The summed E-state index contributed by atoms with van der Waals surface area (Å²) in [5.41, 5.74) is 19.8. The van der Waals surface area contributed by atoms with Crippen LogP contribution in [0.15, 0.2) is 221 Å². The minimum absolute atomic E-state index is 0.239. The summed E-state index contributed by atoms with van der Waals surface area (Å²) in [7, 11) is 0. The summed E-state index contributed by atoms with van der Waals surface area (Å²) in [5.74, 6) is 0. The van der Waals surface area contributed by atoms with E-state index in [0.717, 1.165) is 51.2 Å². The van der Waals surface area contributed by atoms with E-state index in [4.69, 9.17) is 8.83 Å². The first kappa shape index (κ1) is 41.7. The maximum Gasteiger partial charge on any atom is 0.136 e. The molecule has 0 atom stereocenters. The number of hydrogen-bond acceptors (Lipinski definition) is 3. The molecule has 3 nitrogen and oxygen atoms in total. The SMILES string of the molecule is CC1(C)c2cc3cc(N(c4ccccc4-c4ccccc4)c4cc5cc6c(cc5c5ccccc45)-c4c(ccc5oc7ccccc7c45)C6(C)C)c4ccccc4c3cc2Cc2c1ccc1oc3ccccc3c21. The highest BCUT2D eigenvalue weighted by Crippen LogP contribution is 2.56. The molecule has 0 radical (unpaired) electrons. The molecule has 350 valence electrons. The van der Waals surface area contributed by atoms with E-state index in [1.807, 2.05) is 0 Å². The van der Waals surface area contributed by atoms with Crippen molar-refractivity contribution in [1.29, 1.82) is 0 Å². The van der Waals surface area contributed by atoms with Gasteiger partial charge in [0.1, 0.15) is 22.3 Å². The molecular weight excluding hydrogens is 899 g/mol. The topological polar surface area (TPSA) is 29.5 Å². The number of rotatable bonds is 4. The number of fused-ring (bicyclic) bond motifs is 19. The number of anilines is 3. The lowest BCUT2D eigenvalue weighted by molar-refractivity contribution is 0.612. The molecule has 3 heteroatoms. The quantitative estimate of drug-likeness (QED) is 0.165. The maximum atomic E-state index is 6.51. The van der Waals surface area contributed by atoms with Crippen LogP contribution in [0.1, 0.15) is 61.1 Å². The van der Waals surface area contributed by atoms with Crippen LogP contribution in [0.3, 0.4) is 0 Å². The first-order chi connectivity index (χ1) is 36.2. The van der Waals surface area contributed by atoms with Gasteiger partial charge in [-0.1, -0.05) is 173 Å². The summed E-state index contributed by atoms with van der Waals surface area (Å²) < 4.78 is 13.0. The average Bonchev–Trinajstić information content (AvgIpc) is 4.08. The Hall–Kier alpha value is -8.92. The van der Waals surface area contributed by atoms with E-state index in [9.17, 15) is 0 Å². The molecule has 0 bridgehead atoms. The molecule has 2 aliphatic carbocycles. The van der Waals surface area contributed by atoms with Crippen molar-refractivity contribution >= 4 is 104 Å². The molecule has 74 heavy (non-hydrogen) atoms. The van der Waals surface area contributed by atoms with Crippen molar-refractivity contribution in [3.05, 3.63) is 246 Å². The minimum Gasteiger partial charge on any atom is -0.456 e. The van der Waals surface area contributed by atoms with Crippen LogP contribution in [0.2, 0.25) is 0 Å². The normalized spacial score (nSPS) is 14.4. The fourth-order valence-electron chi connectivity index (χ4n) is 13.8. The predicted molar refractivity (Wildman–Crippen MR) is 310 cm³/mol. The second-order valence-corrected chi connectivity index (χ2v) is 21.9. The summed E-state index contributed by atoms with van der Waals surface area (Å²) in [5, 5.41) is 14.6. The van der Waals surface area contributed by atoms with Crippen LogP contribution in [-0.4, -0.2) is 0 Å². The van der Waals surface area contributed by atoms with Gasteiger partial charge in [-0.25, -0.2) is 0 Å². The van der Waals surface area contributed by atoms with Crippen molar-refractivity contribution in [3.8, 4) is 22.3 Å². The third kappa shape index (κ3) is 5.61. The molecule has 0 saturated heterocycles. The van der Waals surface area contributed by atoms with E-state index in [-0.39, 0.29) is 10.8 Å². The Morgan fingerprint density at radius 1 is 0.351 bits per heavy atom. The molecule has 2 aromatic heterocycles. The highest BCUT2D eigenvalue weighted by Gasteiger charge is 2.39. The van der Waals surface area contributed by atoms with E-state index in [1.165, 1.54) is 115 Å². The smallest absolute Gasteiger partial charge is 0.136 e. The molecule has 0 fully saturated rings. The van der Waals surface area contributed by atoms with Crippen molar-refractivity contribution in [2.45, 2.75) is 44.9 Å². The Labute approximate surface area is 428 Å². The van der Waals surface area contributed by atoms with Gasteiger partial charge in [0.25, 0.3) is 0 Å². The number of hydrogen-bond donors (Lipinski definition) is 0. The fourth-order valence-corrected chi connectivity index (χ4v) is 13.8. The number of nitrogens with zero attached hydrogens (tertiary/aromatic N) is 1. The zero-order valence-corrected chi connectivity index (χ0v) is 41.7. The Balaban J connectivity index is 0.968. The van der Waals surface area contributed by atoms with Crippen LogP contribution in [0, 0.1) is 0 Å². The zero-order valence-electron chi connectivity index (χ0n) is 41.7. The van der Waals surface area contributed by atoms with E-state index < -0.39 is 0 Å². The Bertz CT molecular complexity index is 4760. The average molecular weight is 948 g/mol. The molecule has 2 aliphatic rings. The van der Waals surface area contributed by atoms with Crippen molar-refractivity contribution in [2.75, 3.05) is 4.90 Å². The van der Waals surface area contributed by atoms with Gasteiger partial charge >= 0.3 is 0 Å². The van der Waals surface area contributed by atoms with Crippen LogP contribution < -0.4 is 4.90 Å². The van der Waals surface area contributed by atoms with Gasteiger partial charge in [-0.15, -0.1) is 0 Å². The number of para-hydroxylation sites is 3. The maximum absolute atomic E-state index is 6.51. The summed E-state index contributed by atoms with van der Waals surface area (Å²) in [6.45, 7) is 9.60. The largest absolute Gasteiger partial charge is 0.456 e. The molecule has 14 aromatic rings. The molecule has 0 unspecified atom stereocenters. The van der Waals surface area contributed by atoms with Crippen molar-refractivity contribution in [2.24, 2.45) is 0 Å². The van der Waals surface area contributed by atoms with Gasteiger partial charge in [0, 0.05) is 48.7 Å². The number of furan rings is 2.